The number of hydrogen-bond donors (Lipinski definition) is 0. The van der Waals surface area contributed by atoms with E-state index in [0.29, 0.717) is 0 Å². The van der Waals surface area contributed by atoms with Gasteiger partial charge in [0.25, 0.3) is 0 Å². The van der Waals surface area contributed by atoms with Crippen molar-refractivity contribution >= 4 is 0 Å². The molecule has 0 nitrogen and oxygen atoms in total. The predicted octanol–water partition coefficient (Wildman–Crippen LogP) is 4.63. The van der Waals surface area contributed by atoms with Crippen molar-refractivity contribution in [1.29, 1.82) is 0 Å². The molecule has 1 fully saturated rings. The maximum atomic E-state index is 2.35. The molecule has 3 aliphatic carbocycles. The van der Waals surface area contributed by atoms with Gasteiger partial charge in [0, 0.05) is 25.8 Å². The molecule has 1 unspecified atom stereocenters. The zero-order chi connectivity index (χ0) is 10.8. The van der Waals surface area contributed by atoms with Gasteiger partial charge in [-0.3, -0.25) is 0 Å². The molecule has 1 saturated carbocycles. The molecule has 0 aromatic carbocycles. The smallest absolute Gasteiger partial charge is 0 e. The number of allylic oxidation sites excluding steroid dienone is 8. The molecule has 3 rings (SSSR count). The van der Waals surface area contributed by atoms with Crippen molar-refractivity contribution in [3.63, 3.8) is 0 Å². The molecule has 0 radical (unpaired) electrons. The second-order valence-corrected chi connectivity index (χ2v) is 5.02. The average molecular weight is 391 g/mol. The van der Waals surface area contributed by atoms with Crippen LogP contribution >= 0.6 is 0 Å². The molecule has 0 bridgehead atoms. The van der Waals surface area contributed by atoms with E-state index in [2.05, 4.69) is 36.5 Å². The van der Waals surface area contributed by atoms with E-state index in [1.807, 2.05) is 0 Å². The Balaban J connectivity index is 0.000000810. The van der Waals surface area contributed by atoms with E-state index >= 15 is 0 Å². The Morgan fingerprint density at radius 1 is 1.06 bits per heavy atom. The quantitative estimate of drug-likeness (QED) is 0.476. The molecule has 0 aromatic rings. The molecule has 0 spiro atoms. The Hall–Kier alpha value is -0.300. The van der Waals surface area contributed by atoms with Crippen molar-refractivity contribution in [3.8, 4) is 0 Å². The van der Waals surface area contributed by atoms with Crippen LogP contribution in [-0.2, 0) is 25.8 Å². The maximum Gasteiger partial charge on any atom is 0 e. The van der Waals surface area contributed by atoms with E-state index in [1.165, 1.54) is 38.5 Å². The fourth-order valence-corrected chi connectivity index (χ4v) is 3.21. The van der Waals surface area contributed by atoms with Crippen LogP contribution in [0.2, 0.25) is 0 Å². The Bertz CT molecular complexity index is 352. The molecule has 17 heavy (non-hydrogen) atoms. The molecule has 0 aromatic heterocycles. The molecular weight excluding hydrogens is 371 g/mol. The molecule has 0 aliphatic heterocycles. The maximum absolute atomic E-state index is 2.35. The first-order chi connectivity index (χ1) is 7.95. The SMILES string of the molecule is C1=CCC([C-]2CCCCC2C2=CC=CC2)=C1.[H-].[Hf]. The van der Waals surface area contributed by atoms with E-state index in [4.69, 9.17) is 0 Å². The molecule has 0 heterocycles. The van der Waals surface area contributed by atoms with Crippen molar-refractivity contribution in [2.75, 3.05) is 0 Å². The minimum atomic E-state index is 0. The van der Waals surface area contributed by atoms with E-state index in [1.54, 1.807) is 17.1 Å². The monoisotopic (exact) mass is 392 g/mol. The molecule has 3 aliphatic rings. The summed E-state index contributed by atoms with van der Waals surface area (Å²) in [4.78, 5) is 0. The molecule has 0 saturated heterocycles. The summed E-state index contributed by atoms with van der Waals surface area (Å²) in [7, 11) is 0. The van der Waals surface area contributed by atoms with Crippen LogP contribution in [0.25, 0.3) is 0 Å². The summed E-state index contributed by atoms with van der Waals surface area (Å²) >= 11 is 0. The Morgan fingerprint density at radius 2 is 1.88 bits per heavy atom. The molecular formula is C16H20Hf-2. The minimum absolute atomic E-state index is 0. The normalized spacial score (nSPS) is 26.8. The second kappa shape index (κ2) is 6.04. The molecule has 0 amide bonds. The zero-order valence-corrected chi connectivity index (χ0v) is 13.9. The van der Waals surface area contributed by atoms with Crippen molar-refractivity contribution in [2.45, 2.75) is 38.5 Å². The third-order valence-electron chi connectivity index (χ3n) is 4.04. The van der Waals surface area contributed by atoms with Crippen LogP contribution in [0.4, 0.5) is 0 Å². The van der Waals surface area contributed by atoms with Gasteiger partial charge in [0.15, 0.2) is 0 Å². The molecule has 1 heteroatoms. The van der Waals surface area contributed by atoms with E-state index in [9.17, 15) is 0 Å². The van der Waals surface area contributed by atoms with E-state index in [-0.39, 0.29) is 27.3 Å². The largest absolute Gasteiger partial charge is 1.00 e. The second-order valence-electron chi connectivity index (χ2n) is 5.02. The zero-order valence-electron chi connectivity index (χ0n) is 11.3. The summed E-state index contributed by atoms with van der Waals surface area (Å²) in [6, 6.07) is 0. The van der Waals surface area contributed by atoms with E-state index in [0.717, 1.165) is 5.92 Å². The van der Waals surface area contributed by atoms with Crippen molar-refractivity contribution < 1.29 is 27.3 Å². The Labute approximate surface area is 125 Å². The van der Waals surface area contributed by atoms with Gasteiger partial charge in [-0.15, -0.1) is 12.2 Å². The van der Waals surface area contributed by atoms with Gasteiger partial charge in [-0.1, -0.05) is 55.4 Å². The summed E-state index contributed by atoms with van der Waals surface area (Å²) < 4.78 is 0. The van der Waals surface area contributed by atoms with Gasteiger partial charge in [-0.2, -0.15) is 0 Å². The van der Waals surface area contributed by atoms with Gasteiger partial charge in [0.1, 0.15) is 0 Å². The Morgan fingerprint density at radius 3 is 2.59 bits per heavy atom. The standard InChI is InChI=1S/C16H19.Hf.H/c1-2-8-13(7-1)15-11-5-6-12-16(15)14-9-3-4-10-14;;/h1-4,7,9,15H,5-6,8,10-12H2;;/q-1;;-1. The van der Waals surface area contributed by atoms with Crippen molar-refractivity contribution in [2.24, 2.45) is 5.92 Å². The van der Waals surface area contributed by atoms with Gasteiger partial charge in [-0.25, -0.2) is 17.6 Å². The van der Waals surface area contributed by atoms with Gasteiger partial charge >= 0.3 is 0 Å². The van der Waals surface area contributed by atoms with Crippen LogP contribution in [-0.4, -0.2) is 0 Å². The van der Waals surface area contributed by atoms with Crippen LogP contribution in [0.15, 0.2) is 47.6 Å². The van der Waals surface area contributed by atoms with Crippen molar-refractivity contribution in [3.05, 3.63) is 53.5 Å². The van der Waals surface area contributed by atoms with Crippen molar-refractivity contribution in [1.82, 2.24) is 0 Å². The van der Waals surface area contributed by atoms with Crippen LogP contribution in [0.1, 0.15) is 40.0 Å². The first-order valence-corrected chi connectivity index (χ1v) is 6.52. The summed E-state index contributed by atoms with van der Waals surface area (Å²) in [5.41, 5.74) is 3.26. The first-order valence-electron chi connectivity index (χ1n) is 6.52. The number of rotatable bonds is 2. The average Bonchev–Trinajstić information content (AvgIpc) is 3.03. The topological polar surface area (TPSA) is 0 Å². The van der Waals surface area contributed by atoms with Crippen LogP contribution < -0.4 is 0 Å². The third-order valence-corrected chi connectivity index (χ3v) is 4.04. The fourth-order valence-electron chi connectivity index (χ4n) is 3.21. The minimum Gasteiger partial charge on any atom is -1.00 e. The Kier molecular flexibility index (Phi) is 4.67. The van der Waals surface area contributed by atoms with Crippen LogP contribution in [0.3, 0.4) is 0 Å². The van der Waals surface area contributed by atoms with Gasteiger partial charge in [0.05, 0.1) is 0 Å². The summed E-state index contributed by atoms with van der Waals surface area (Å²) in [5, 5.41) is 0. The van der Waals surface area contributed by atoms with Crippen LogP contribution in [0.5, 0.6) is 0 Å². The summed E-state index contributed by atoms with van der Waals surface area (Å²) in [5.74, 6) is 2.50. The predicted molar refractivity (Wildman–Crippen MR) is 70.0 cm³/mol. The molecule has 0 N–H and O–H groups in total. The van der Waals surface area contributed by atoms with E-state index < -0.39 is 0 Å². The van der Waals surface area contributed by atoms with Crippen LogP contribution in [0, 0.1) is 11.8 Å². The summed E-state index contributed by atoms with van der Waals surface area (Å²) in [6.07, 6.45) is 21.6. The van der Waals surface area contributed by atoms with Gasteiger partial charge in [-0.05, 0) is 12.8 Å². The molecule has 90 valence electrons. The third kappa shape index (κ3) is 2.76. The number of hydrogen-bond acceptors (Lipinski definition) is 0. The summed E-state index contributed by atoms with van der Waals surface area (Å²) in [6.45, 7) is 0. The molecule has 1 atom stereocenters. The van der Waals surface area contributed by atoms with Gasteiger partial charge in [0.2, 0.25) is 0 Å². The first kappa shape index (κ1) is 13.1. The fraction of sp³-hybridized carbons (Fsp3) is 0.438. The van der Waals surface area contributed by atoms with Gasteiger partial charge < -0.3 is 1.43 Å².